The highest BCUT2D eigenvalue weighted by molar-refractivity contribution is 5.97. The number of amides is 2. The fourth-order valence-electron chi connectivity index (χ4n) is 3.59. The third-order valence-electron chi connectivity index (χ3n) is 5.14. The van der Waals surface area contributed by atoms with E-state index in [1.807, 2.05) is 42.2 Å². The van der Waals surface area contributed by atoms with E-state index in [0.29, 0.717) is 12.4 Å². The molecule has 1 aromatic heterocycles. The van der Waals surface area contributed by atoms with Crippen molar-refractivity contribution in [3.63, 3.8) is 0 Å². The van der Waals surface area contributed by atoms with Gasteiger partial charge in [-0.05, 0) is 42.7 Å². The third kappa shape index (κ3) is 4.32. The first-order chi connectivity index (χ1) is 13.5. The molecule has 1 N–H and O–H groups in total. The summed E-state index contributed by atoms with van der Waals surface area (Å²) in [4.78, 5) is 31.8. The van der Waals surface area contributed by atoms with Crippen LogP contribution in [0, 0.1) is 12.8 Å². The van der Waals surface area contributed by atoms with Crippen LogP contribution < -0.4 is 10.1 Å². The molecule has 0 saturated carbocycles. The Balaban J connectivity index is 1.86. The Hall–Kier alpha value is -2.89. The molecule has 6 nitrogen and oxygen atoms in total. The van der Waals surface area contributed by atoms with E-state index >= 15 is 0 Å². The van der Waals surface area contributed by atoms with Crippen molar-refractivity contribution in [1.82, 2.24) is 9.88 Å². The van der Waals surface area contributed by atoms with Crippen LogP contribution in [-0.2, 0) is 9.59 Å². The number of carbonyl (C=O) groups is 2. The van der Waals surface area contributed by atoms with Gasteiger partial charge in [-0.2, -0.15) is 0 Å². The molecule has 1 aromatic carbocycles. The number of aryl methyl sites for hydroxylation is 1. The summed E-state index contributed by atoms with van der Waals surface area (Å²) >= 11 is 0. The Morgan fingerprint density at radius 1 is 1.25 bits per heavy atom. The largest absolute Gasteiger partial charge is 0.497 e. The molecular weight excluding hydrogens is 354 g/mol. The van der Waals surface area contributed by atoms with Crippen molar-refractivity contribution in [1.29, 1.82) is 0 Å². The number of hydrogen-bond acceptors (Lipinski definition) is 4. The van der Waals surface area contributed by atoms with Gasteiger partial charge in [0.25, 0.3) is 0 Å². The zero-order valence-corrected chi connectivity index (χ0v) is 16.6. The average Bonchev–Trinajstić information content (AvgIpc) is 3.04. The quantitative estimate of drug-likeness (QED) is 0.793. The number of anilines is 1. The average molecular weight is 381 g/mol. The molecule has 2 atom stereocenters. The maximum atomic E-state index is 13.0. The summed E-state index contributed by atoms with van der Waals surface area (Å²) in [6.45, 7) is 4.69. The van der Waals surface area contributed by atoms with Gasteiger partial charge in [0, 0.05) is 19.2 Å². The summed E-state index contributed by atoms with van der Waals surface area (Å²) in [7, 11) is 1.62. The fraction of sp³-hybridized carbons (Fsp3) is 0.409. The standard InChI is InChI=1S/C22H27N3O3/c1-4-5-12-25-20(26)13-18(21(25)16-7-9-17(28-3)10-8-16)22(27)24-19-11-6-15(2)14-23-19/h6-11,14,18,21H,4-5,12-13H2,1-3H3,(H,23,24,27)/t18-,21+/m0/s1. The van der Waals surface area contributed by atoms with Crippen LogP contribution in [0.2, 0.25) is 0 Å². The molecule has 1 saturated heterocycles. The van der Waals surface area contributed by atoms with Crippen molar-refractivity contribution in [2.24, 2.45) is 5.92 Å². The van der Waals surface area contributed by atoms with E-state index in [4.69, 9.17) is 4.74 Å². The van der Waals surface area contributed by atoms with E-state index in [0.717, 1.165) is 29.7 Å². The van der Waals surface area contributed by atoms with Gasteiger partial charge < -0.3 is 15.0 Å². The number of unbranched alkanes of at least 4 members (excludes halogenated alkanes) is 1. The van der Waals surface area contributed by atoms with Crippen molar-refractivity contribution in [3.8, 4) is 5.75 Å². The van der Waals surface area contributed by atoms with E-state index < -0.39 is 5.92 Å². The summed E-state index contributed by atoms with van der Waals surface area (Å²) in [5.41, 5.74) is 1.97. The number of likely N-dealkylation sites (tertiary alicyclic amines) is 1. The van der Waals surface area contributed by atoms with Gasteiger partial charge in [0.05, 0.1) is 19.1 Å². The zero-order valence-electron chi connectivity index (χ0n) is 16.6. The van der Waals surface area contributed by atoms with E-state index in [1.165, 1.54) is 0 Å². The van der Waals surface area contributed by atoms with Crippen LogP contribution in [0.4, 0.5) is 5.82 Å². The van der Waals surface area contributed by atoms with E-state index in [2.05, 4.69) is 17.2 Å². The highest BCUT2D eigenvalue weighted by atomic mass is 16.5. The van der Waals surface area contributed by atoms with Crippen molar-refractivity contribution in [2.45, 2.75) is 39.2 Å². The molecule has 28 heavy (non-hydrogen) atoms. The predicted octanol–water partition coefficient (Wildman–Crippen LogP) is 3.73. The van der Waals surface area contributed by atoms with Crippen LogP contribution in [0.5, 0.6) is 5.75 Å². The second-order valence-corrected chi connectivity index (χ2v) is 7.18. The topological polar surface area (TPSA) is 71.5 Å². The number of methoxy groups -OCH3 is 1. The first kappa shape index (κ1) is 19.9. The molecule has 3 rings (SSSR count). The predicted molar refractivity (Wildman–Crippen MR) is 108 cm³/mol. The number of rotatable bonds is 7. The molecule has 0 bridgehead atoms. The van der Waals surface area contributed by atoms with Crippen molar-refractivity contribution < 1.29 is 14.3 Å². The van der Waals surface area contributed by atoms with Crippen LogP contribution in [0.15, 0.2) is 42.6 Å². The minimum Gasteiger partial charge on any atom is -0.497 e. The molecular formula is C22H27N3O3. The highest BCUT2D eigenvalue weighted by Crippen LogP contribution is 2.39. The monoisotopic (exact) mass is 381 g/mol. The van der Waals surface area contributed by atoms with Crippen LogP contribution >= 0.6 is 0 Å². The molecule has 6 heteroatoms. The molecule has 2 heterocycles. The van der Waals surface area contributed by atoms with Crippen molar-refractivity contribution >= 4 is 17.6 Å². The van der Waals surface area contributed by atoms with Gasteiger partial charge in [-0.25, -0.2) is 4.98 Å². The van der Waals surface area contributed by atoms with Crippen LogP contribution in [0.3, 0.4) is 0 Å². The molecule has 0 unspecified atom stereocenters. The van der Waals surface area contributed by atoms with Crippen molar-refractivity contribution in [3.05, 3.63) is 53.7 Å². The maximum Gasteiger partial charge on any atom is 0.231 e. The summed E-state index contributed by atoms with van der Waals surface area (Å²) in [5, 5.41) is 2.88. The van der Waals surface area contributed by atoms with Crippen LogP contribution in [0.1, 0.15) is 43.4 Å². The number of benzene rings is 1. The van der Waals surface area contributed by atoms with Gasteiger partial charge in [0.1, 0.15) is 11.6 Å². The van der Waals surface area contributed by atoms with E-state index in [1.54, 1.807) is 19.4 Å². The lowest BCUT2D eigenvalue weighted by Crippen LogP contribution is -2.33. The van der Waals surface area contributed by atoms with Gasteiger partial charge in [-0.3, -0.25) is 9.59 Å². The van der Waals surface area contributed by atoms with E-state index in [9.17, 15) is 9.59 Å². The number of nitrogens with one attached hydrogen (secondary N) is 1. The lowest BCUT2D eigenvalue weighted by atomic mass is 9.92. The number of nitrogens with zero attached hydrogens (tertiary/aromatic N) is 2. The lowest BCUT2D eigenvalue weighted by Gasteiger charge is -2.28. The fourth-order valence-corrected chi connectivity index (χ4v) is 3.59. The van der Waals surface area contributed by atoms with E-state index in [-0.39, 0.29) is 24.3 Å². The molecule has 2 amide bonds. The normalized spacial score (nSPS) is 19.0. The molecule has 1 aliphatic heterocycles. The number of pyridine rings is 1. The van der Waals surface area contributed by atoms with Crippen molar-refractivity contribution in [2.75, 3.05) is 19.0 Å². The summed E-state index contributed by atoms with van der Waals surface area (Å²) < 4.78 is 5.24. The Morgan fingerprint density at radius 2 is 2.00 bits per heavy atom. The molecule has 2 aromatic rings. The Kier molecular flexibility index (Phi) is 6.29. The van der Waals surface area contributed by atoms with Crippen LogP contribution in [0.25, 0.3) is 0 Å². The second-order valence-electron chi connectivity index (χ2n) is 7.18. The second kappa shape index (κ2) is 8.87. The van der Waals surface area contributed by atoms with Gasteiger partial charge in [-0.15, -0.1) is 0 Å². The summed E-state index contributed by atoms with van der Waals surface area (Å²) in [6, 6.07) is 11.0. The third-order valence-corrected chi connectivity index (χ3v) is 5.14. The number of ether oxygens (including phenoxy) is 1. The molecule has 0 radical (unpaired) electrons. The minimum atomic E-state index is -0.458. The van der Waals surface area contributed by atoms with Gasteiger partial charge in [0.2, 0.25) is 11.8 Å². The number of carbonyl (C=O) groups excluding carboxylic acids is 2. The summed E-state index contributed by atoms with van der Waals surface area (Å²) in [5.74, 6) is 0.637. The number of hydrogen-bond donors (Lipinski definition) is 1. The number of aromatic nitrogens is 1. The zero-order chi connectivity index (χ0) is 20.1. The Bertz CT molecular complexity index is 818. The Morgan fingerprint density at radius 3 is 2.61 bits per heavy atom. The molecule has 1 aliphatic rings. The smallest absolute Gasteiger partial charge is 0.231 e. The molecule has 1 fully saturated rings. The molecule has 0 aliphatic carbocycles. The highest BCUT2D eigenvalue weighted by Gasteiger charge is 2.44. The maximum absolute atomic E-state index is 13.0. The first-order valence-corrected chi connectivity index (χ1v) is 9.70. The molecule has 0 spiro atoms. The minimum absolute atomic E-state index is 0.0197. The summed E-state index contributed by atoms with van der Waals surface area (Å²) in [6.07, 6.45) is 3.82. The van der Waals surface area contributed by atoms with Gasteiger partial charge in [0.15, 0.2) is 0 Å². The van der Waals surface area contributed by atoms with Crippen LogP contribution in [-0.4, -0.2) is 35.4 Å². The SMILES string of the molecule is CCCCN1C(=O)C[C@H](C(=O)Nc2ccc(C)cn2)[C@H]1c1ccc(OC)cc1. The lowest BCUT2D eigenvalue weighted by molar-refractivity contribution is -0.129. The van der Waals surface area contributed by atoms with Gasteiger partial charge in [-0.1, -0.05) is 31.5 Å². The molecule has 148 valence electrons. The Labute approximate surface area is 165 Å². The van der Waals surface area contributed by atoms with Gasteiger partial charge >= 0.3 is 0 Å². The first-order valence-electron chi connectivity index (χ1n) is 9.70.